The molecule has 5 aromatic rings. The number of fused-ring (bicyclic) bond motifs is 1. The highest BCUT2D eigenvalue weighted by Gasteiger charge is 2.23. The van der Waals surface area contributed by atoms with Crippen molar-refractivity contribution in [1.82, 2.24) is 5.48 Å². The summed E-state index contributed by atoms with van der Waals surface area (Å²) >= 11 is 0. The van der Waals surface area contributed by atoms with Crippen molar-refractivity contribution in [3.8, 4) is 17.2 Å². The SMILES string of the molecule is C.CCCCC(=CC(=O)c1ccc(O)cc1)NOc1ccc([N+](=O)[O-])cc1.CCCCc1oc2ccc([N+](=O)[O-])cc2c1C(=O)c1ccc(O)cc1. The van der Waals surface area contributed by atoms with E-state index in [0.29, 0.717) is 57.7 Å². The normalized spacial score (nSPS) is 10.8. The van der Waals surface area contributed by atoms with Crippen molar-refractivity contribution in [2.24, 2.45) is 0 Å². The van der Waals surface area contributed by atoms with E-state index in [2.05, 4.69) is 5.48 Å². The number of hydrogen-bond donors (Lipinski definition) is 3. The molecular formula is C39H41N3O10. The van der Waals surface area contributed by atoms with Crippen LogP contribution in [0.15, 0.2) is 107 Å². The summed E-state index contributed by atoms with van der Waals surface area (Å²) < 4.78 is 5.81. The molecule has 0 aliphatic rings. The van der Waals surface area contributed by atoms with Gasteiger partial charge in [0.25, 0.3) is 11.4 Å². The second-order valence-corrected chi connectivity index (χ2v) is 11.5. The number of furan rings is 1. The van der Waals surface area contributed by atoms with E-state index in [1.807, 2.05) is 13.8 Å². The van der Waals surface area contributed by atoms with Crippen LogP contribution >= 0.6 is 0 Å². The standard InChI is InChI=1S/C19H20N2O5.C19H17NO5.CH4/c1-2-3-4-15(13-19(23)14-5-9-17(22)10-6-14)20-26-18-11-7-16(8-12-18)21(24)25;1-2-3-4-17-18(19(22)12-5-8-14(21)9-6-12)15-11-13(20(23)24)7-10-16(15)25-17;/h5-13,20,22H,2-4H2,1H3;5-11,21H,2-4H2,1H3;1H4. The molecule has 0 bridgehead atoms. The molecule has 1 heterocycles. The van der Waals surface area contributed by atoms with Crippen LogP contribution in [0.5, 0.6) is 17.2 Å². The first-order valence-corrected chi connectivity index (χ1v) is 16.3. The fourth-order valence-electron chi connectivity index (χ4n) is 4.92. The number of benzene rings is 4. The lowest BCUT2D eigenvalue weighted by atomic mass is 9.98. The van der Waals surface area contributed by atoms with Gasteiger partial charge < -0.3 is 19.5 Å². The third-order valence-electron chi connectivity index (χ3n) is 7.67. The number of nitro benzene ring substituents is 2. The quantitative estimate of drug-likeness (QED) is 0.0405. The van der Waals surface area contributed by atoms with Crippen LogP contribution in [0.3, 0.4) is 0 Å². The van der Waals surface area contributed by atoms with Crippen LogP contribution in [0.1, 0.15) is 85.4 Å². The van der Waals surface area contributed by atoms with E-state index in [-0.39, 0.29) is 41.9 Å². The van der Waals surface area contributed by atoms with Crippen LogP contribution in [0, 0.1) is 20.2 Å². The van der Waals surface area contributed by atoms with E-state index in [1.54, 1.807) is 12.1 Å². The number of hydrogen-bond acceptors (Lipinski definition) is 11. The fraction of sp³-hybridized carbons (Fsp3) is 0.231. The topological polar surface area (TPSA) is 195 Å². The molecule has 0 saturated carbocycles. The first-order valence-electron chi connectivity index (χ1n) is 16.3. The molecule has 0 radical (unpaired) electrons. The zero-order valence-electron chi connectivity index (χ0n) is 28.0. The number of hydroxylamine groups is 1. The first kappa shape index (κ1) is 39.9. The third kappa shape index (κ3) is 10.7. The van der Waals surface area contributed by atoms with Crippen LogP contribution in [0.2, 0.25) is 0 Å². The molecule has 13 nitrogen and oxygen atoms in total. The average molecular weight is 712 g/mol. The van der Waals surface area contributed by atoms with E-state index in [1.165, 1.54) is 84.9 Å². The Morgan fingerprint density at radius 1 is 0.788 bits per heavy atom. The Morgan fingerprint density at radius 3 is 1.90 bits per heavy atom. The number of aryl methyl sites for hydroxylation is 1. The van der Waals surface area contributed by atoms with Crippen molar-refractivity contribution in [3.05, 3.63) is 145 Å². The molecule has 4 aromatic carbocycles. The van der Waals surface area contributed by atoms with Gasteiger partial charge in [-0.2, -0.15) is 0 Å². The Hall–Kier alpha value is -6.50. The largest absolute Gasteiger partial charge is 0.508 e. The summed E-state index contributed by atoms with van der Waals surface area (Å²) in [6, 6.07) is 21.8. The number of phenolic OH excluding ortho intramolecular Hbond substituents is 2. The molecule has 0 aliphatic heterocycles. The van der Waals surface area contributed by atoms with Crippen molar-refractivity contribution in [2.75, 3.05) is 0 Å². The van der Waals surface area contributed by atoms with Gasteiger partial charge in [0, 0.05) is 53.3 Å². The number of carbonyl (C=O) groups is 2. The van der Waals surface area contributed by atoms with E-state index in [9.17, 15) is 40.0 Å². The van der Waals surface area contributed by atoms with Crippen LogP contribution in [0.25, 0.3) is 11.0 Å². The highest BCUT2D eigenvalue weighted by atomic mass is 16.6. The number of rotatable bonds is 15. The van der Waals surface area contributed by atoms with E-state index >= 15 is 0 Å². The number of unbranched alkanes of at least 4 members (excludes halogenated alkanes) is 2. The summed E-state index contributed by atoms with van der Waals surface area (Å²) in [5, 5.41) is 40.9. The van der Waals surface area contributed by atoms with E-state index in [4.69, 9.17) is 9.25 Å². The van der Waals surface area contributed by atoms with Crippen molar-refractivity contribution >= 4 is 33.9 Å². The predicted octanol–water partition coefficient (Wildman–Crippen LogP) is 9.40. The Kier molecular flexibility index (Phi) is 14.6. The van der Waals surface area contributed by atoms with Gasteiger partial charge in [-0.05, 0) is 86.0 Å². The van der Waals surface area contributed by atoms with E-state index in [0.717, 1.165) is 25.7 Å². The maximum Gasteiger partial charge on any atom is 0.270 e. The van der Waals surface area contributed by atoms with Crippen molar-refractivity contribution < 1.29 is 38.9 Å². The van der Waals surface area contributed by atoms with Gasteiger partial charge in [-0.3, -0.25) is 29.8 Å². The molecule has 0 amide bonds. The molecule has 0 atom stereocenters. The van der Waals surface area contributed by atoms with Gasteiger partial charge in [0.1, 0.15) is 22.8 Å². The smallest absolute Gasteiger partial charge is 0.270 e. The summed E-state index contributed by atoms with van der Waals surface area (Å²) in [6.07, 6.45) is 6.25. The summed E-state index contributed by atoms with van der Waals surface area (Å²) in [4.78, 5) is 51.5. The lowest BCUT2D eigenvalue weighted by Crippen LogP contribution is -2.19. The molecule has 0 saturated heterocycles. The Balaban J connectivity index is 0.000000275. The molecule has 0 aliphatic carbocycles. The lowest BCUT2D eigenvalue weighted by molar-refractivity contribution is -0.385. The highest BCUT2D eigenvalue weighted by molar-refractivity contribution is 6.17. The summed E-state index contributed by atoms with van der Waals surface area (Å²) in [5.41, 5.74) is 4.90. The zero-order valence-corrected chi connectivity index (χ0v) is 28.0. The minimum absolute atomic E-state index is 0. The minimum Gasteiger partial charge on any atom is -0.508 e. The van der Waals surface area contributed by atoms with Gasteiger partial charge in [-0.1, -0.05) is 34.1 Å². The van der Waals surface area contributed by atoms with E-state index < -0.39 is 9.85 Å². The van der Waals surface area contributed by atoms with Gasteiger partial charge in [0.15, 0.2) is 17.3 Å². The lowest BCUT2D eigenvalue weighted by Gasteiger charge is -2.11. The van der Waals surface area contributed by atoms with Gasteiger partial charge in [0.05, 0.1) is 21.1 Å². The average Bonchev–Trinajstić information content (AvgIpc) is 3.50. The number of aromatic hydroxyl groups is 2. The first-order chi connectivity index (χ1) is 24.5. The van der Waals surface area contributed by atoms with Gasteiger partial charge >= 0.3 is 0 Å². The zero-order chi connectivity index (χ0) is 36.9. The molecule has 5 rings (SSSR count). The monoisotopic (exact) mass is 711 g/mol. The Labute approximate surface area is 300 Å². The predicted molar refractivity (Wildman–Crippen MR) is 197 cm³/mol. The number of nitrogens with one attached hydrogen (secondary N) is 1. The summed E-state index contributed by atoms with van der Waals surface area (Å²) in [7, 11) is 0. The molecule has 0 fully saturated rings. The number of allylic oxidation sites excluding steroid dienone is 2. The van der Waals surface area contributed by atoms with Gasteiger partial charge in [0.2, 0.25) is 0 Å². The number of non-ortho nitro benzene ring substituents is 2. The molecule has 52 heavy (non-hydrogen) atoms. The number of ketones is 2. The number of nitrogens with zero attached hydrogens (tertiary/aromatic N) is 2. The van der Waals surface area contributed by atoms with Gasteiger partial charge in [-0.25, -0.2) is 5.48 Å². The minimum atomic E-state index is -0.493. The van der Waals surface area contributed by atoms with Crippen LogP contribution in [0.4, 0.5) is 11.4 Å². The molecule has 13 heteroatoms. The van der Waals surface area contributed by atoms with Crippen LogP contribution in [-0.2, 0) is 6.42 Å². The van der Waals surface area contributed by atoms with Crippen LogP contribution < -0.4 is 10.3 Å². The molecule has 3 N–H and O–H groups in total. The maximum absolute atomic E-state index is 13.0. The molecule has 1 aromatic heterocycles. The van der Waals surface area contributed by atoms with Crippen LogP contribution in [-0.4, -0.2) is 31.6 Å². The Morgan fingerprint density at radius 2 is 1.35 bits per heavy atom. The summed E-state index contributed by atoms with van der Waals surface area (Å²) in [5.74, 6) is 0.610. The number of carbonyl (C=O) groups excluding carboxylic acids is 2. The maximum atomic E-state index is 13.0. The highest BCUT2D eigenvalue weighted by Crippen LogP contribution is 2.32. The summed E-state index contributed by atoms with van der Waals surface area (Å²) in [6.45, 7) is 4.07. The third-order valence-corrected chi connectivity index (χ3v) is 7.67. The molecular weight excluding hydrogens is 670 g/mol. The second kappa shape index (κ2) is 19.0. The number of nitro groups is 2. The Bertz CT molecular complexity index is 2020. The fourth-order valence-corrected chi connectivity index (χ4v) is 4.92. The number of phenols is 2. The molecule has 0 unspecified atom stereocenters. The van der Waals surface area contributed by atoms with Crippen molar-refractivity contribution in [1.29, 1.82) is 0 Å². The van der Waals surface area contributed by atoms with Gasteiger partial charge in [-0.15, -0.1) is 0 Å². The van der Waals surface area contributed by atoms with Crippen molar-refractivity contribution in [2.45, 2.75) is 59.8 Å². The second-order valence-electron chi connectivity index (χ2n) is 11.5. The van der Waals surface area contributed by atoms with Crippen molar-refractivity contribution in [3.63, 3.8) is 0 Å². The molecule has 0 spiro atoms. The molecule has 272 valence electrons.